The number of aliphatic hydroxyl groups is 1. The molecule has 0 aliphatic carbocycles. The number of rotatable bonds is 3. The highest BCUT2D eigenvalue weighted by molar-refractivity contribution is 5.97. The Labute approximate surface area is 160 Å². The van der Waals surface area contributed by atoms with E-state index in [1.54, 1.807) is 0 Å². The Morgan fingerprint density at radius 1 is 1.07 bits per heavy atom. The molecular formula is C20H19F3N2O3. The minimum Gasteiger partial charge on any atom is -0.389 e. The van der Waals surface area contributed by atoms with Gasteiger partial charge in [0, 0.05) is 25.2 Å². The molecule has 1 unspecified atom stereocenters. The average Bonchev–Trinajstić information content (AvgIpc) is 2.79. The fraction of sp³-hybridized carbons (Fsp3) is 0.300. The van der Waals surface area contributed by atoms with Crippen LogP contribution in [0.1, 0.15) is 21.5 Å². The Balaban J connectivity index is 1.77. The normalized spacial score (nSPS) is 18.1. The number of β-amino-alcohol motifs (C(OH)–C–C–N with tert-alkyl or cyclic N) is 1. The molecule has 5 nitrogen and oxygen atoms in total. The topological polar surface area (TPSA) is 60.9 Å². The summed E-state index contributed by atoms with van der Waals surface area (Å²) in [4.78, 5) is 27.8. The third-order valence-electron chi connectivity index (χ3n) is 4.48. The number of alkyl halides is 3. The van der Waals surface area contributed by atoms with E-state index in [1.807, 2.05) is 30.3 Å². The van der Waals surface area contributed by atoms with Gasteiger partial charge in [0.1, 0.15) is 6.54 Å². The van der Waals surface area contributed by atoms with Crippen molar-refractivity contribution >= 4 is 11.8 Å². The van der Waals surface area contributed by atoms with Crippen molar-refractivity contribution in [2.75, 3.05) is 19.6 Å². The number of carbonyl (C=O) groups is 2. The molecule has 8 heteroatoms. The van der Waals surface area contributed by atoms with E-state index in [-0.39, 0.29) is 37.6 Å². The molecule has 0 bridgehead atoms. The maximum atomic E-state index is 12.9. The zero-order valence-corrected chi connectivity index (χ0v) is 14.9. The van der Waals surface area contributed by atoms with Gasteiger partial charge in [-0.2, -0.15) is 13.2 Å². The number of nitrogens with zero attached hydrogens (tertiary/aromatic N) is 2. The predicted octanol–water partition coefficient (Wildman–Crippen LogP) is 2.55. The number of aliphatic hydroxyl groups excluding tert-OH is 1. The van der Waals surface area contributed by atoms with Gasteiger partial charge in [-0.1, -0.05) is 36.4 Å². The summed E-state index contributed by atoms with van der Waals surface area (Å²) in [5, 5.41) is 10.2. The molecule has 1 fully saturated rings. The van der Waals surface area contributed by atoms with E-state index in [2.05, 4.69) is 0 Å². The summed E-state index contributed by atoms with van der Waals surface area (Å²) in [6.45, 7) is -0.118. The largest absolute Gasteiger partial charge is 0.416 e. The molecule has 148 valence electrons. The number of carbonyl (C=O) groups excluding carboxylic acids is 2. The Kier molecular flexibility index (Phi) is 5.69. The van der Waals surface area contributed by atoms with E-state index in [0.29, 0.717) is 0 Å². The van der Waals surface area contributed by atoms with Crippen molar-refractivity contribution in [3.63, 3.8) is 0 Å². The minimum atomic E-state index is -4.57. The summed E-state index contributed by atoms with van der Waals surface area (Å²) in [6, 6.07) is 13.2. The molecule has 1 N–H and O–H groups in total. The molecular weight excluding hydrogens is 373 g/mol. The average molecular weight is 392 g/mol. The summed E-state index contributed by atoms with van der Waals surface area (Å²) >= 11 is 0. The summed E-state index contributed by atoms with van der Waals surface area (Å²) in [5.74, 6) is -1.10. The zero-order valence-electron chi connectivity index (χ0n) is 14.9. The quantitative estimate of drug-likeness (QED) is 0.874. The van der Waals surface area contributed by atoms with Gasteiger partial charge in [-0.3, -0.25) is 9.59 Å². The third-order valence-corrected chi connectivity index (χ3v) is 4.48. The van der Waals surface area contributed by atoms with E-state index in [1.165, 1.54) is 11.0 Å². The van der Waals surface area contributed by atoms with Crippen LogP contribution in [0.25, 0.3) is 0 Å². The number of amides is 2. The van der Waals surface area contributed by atoms with Gasteiger partial charge in [0.15, 0.2) is 0 Å². The van der Waals surface area contributed by atoms with E-state index < -0.39 is 23.8 Å². The first-order chi connectivity index (χ1) is 13.2. The number of benzene rings is 2. The van der Waals surface area contributed by atoms with E-state index in [4.69, 9.17) is 0 Å². The Bertz CT molecular complexity index is 855. The molecule has 1 saturated heterocycles. The van der Waals surface area contributed by atoms with Gasteiger partial charge in [0.2, 0.25) is 5.91 Å². The van der Waals surface area contributed by atoms with Crippen LogP contribution in [-0.4, -0.2) is 52.5 Å². The molecule has 0 aromatic heterocycles. The molecule has 2 aromatic rings. The molecule has 1 aliphatic rings. The van der Waals surface area contributed by atoms with Crippen LogP contribution in [-0.2, 0) is 17.5 Å². The van der Waals surface area contributed by atoms with E-state index >= 15 is 0 Å². The minimum absolute atomic E-state index is 0.0418. The van der Waals surface area contributed by atoms with E-state index in [9.17, 15) is 27.9 Å². The first-order valence-electron chi connectivity index (χ1n) is 8.70. The van der Waals surface area contributed by atoms with Crippen LogP contribution in [0.5, 0.6) is 0 Å². The van der Waals surface area contributed by atoms with Crippen LogP contribution in [0.4, 0.5) is 13.2 Å². The standard InChI is InChI=1S/C20H19F3N2O3/c21-20(22,23)16-8-4-7-15(9-16)19(28)25-12-17(26)11-24(18(27)13-25)10-14-5-2-1-3-6-14/h1-9,17,26H,10-13H2. The van der Waals surface area contributed by atoms with Crippen molar-refractivity contribution in [1.29, 1.82) is 0 Å². The highest BCUT2D eigenvalue weighted by Gasteiger charge is 2.33. The first kappa shape index (κ1) is 19.9. The smallest absolute Gasteiger partial charge is 0.389 e. The molecule has 1 atom stereocenters. The summed E-state index contributed by atoms with van der Waals surface area (Å²) in [5.41, 5.74) is -0.238. The predicted molar refractivity (Wildman–Crippen MR) is 95.2 cm³/mol. The summed E-state index contributed by atoms with van der Waals surface area (Å²) in [7, 11) is 0. The molecule has 1 heterocycles. The molecule has 28 heavy (non-hydrogen) atoms. The van der Waals surface area contributed by atoms with Crippen molar-refractivity contribution in [1.82, 2.24) is 9.80 Å². The second-order valence-electron chi connectivity index (χ2n) is 6.68. The SMILES string of the molecule is O=C1CN(C(=O)c2cccc(C(F)(F)F)c2)CC(O)CN1Cc1ccccc1. The molecule has 0 saturated carbocycles. The Hall–Kier alpha value is -2.87. The molecule has 2 aromatic carbocycles. The molecule has 1 aliphatic heterocycles. The van der Waals surface area contributed by atoms with Crippen LogP contribution in [0, 0.1) is 0 Å². The first-order valence-corrected chi connectivity index (χ1v) is 8.70. The monoisotopic (exact) mass is 392 g/mol. The van der Waals surface area contributed by atoms with Crippen molar-refractivity contribution in [2.24, 2.45) is 0 Å². The molecule has 0 radical (unpaired) electrons. The lowest BCUT2D eigenvalue weighted by Crippen LogP contribution is -2.39. The van der Waals surface area contributed by atoms with Crippen LogP contribution in [0.2, 0.25) is 0 Å². The van der Waals surface area contributed by atoms with Gasteiger partial charge in [0.05, 0.1) is 11.7 Å². The number of hydrogen-bond acceptors (Lipinski definition) is 3. The zero-order chi connectivity index (χ0) is 20.3. The van der Waals surface area contributed by atoms with Crippen LogP contribution >= 0.6 is 0 Å². The third kappa shape index (κ3) is 4.69. The number of halogens is 3. The van der Waals surface area contributed by atoms with Gasteiger partial charge < -0.3 is 14.9 Å². The van der Waals surface area contributed by atoms with Gasteiger partial charge in [-0.15, -0.1) is 0 Å². The Morgan fingerprint density at radius 3 is 2.46 bits per heavy atom. The lowest BCUT2D eigenvalue weighted by atomic mass is 10.1. The van der Waals surface area contributed by atoms with Crippen molar-refractivity contribution in [2.45, 2.75) is 18.8 Å². The maximum absolute atomic E-state index is 12.9. The lowest BCUT2D eigenvalue weighted by Gasteiger charge is -2.22. The van der Waals surface area contributed by atoms with Crippen molar-refractivity contribution in [3.8, 4) is 0 Å². The van der Waals surface area contributed by atoms with E-state index in [0.717, 1.165) is 28.7 Å². The van der Waals surface area contributed by atoms with Gasteiger partial charge in [-0.25, -0.2) is 0 Å². The second-order valence-corrected chi connectivity index (χ2v) is 6.68. The molecule has 3 rings (SSSR count). The fourth-order valence-electron chi connectivity index (χ4n) is 3.12. The highest BCUT2D eigenvalue weighted by atomic mass is 19.4. The highest BCUT2D eigenvalue weighted by Crippen LogP contribution is 2.29. The van der Waals surface area contributed by atoms with Crippen molar-refractivity contribution in [3.05, 3.63) is 71.3 Å². The molecule has 2 amide bonds. The van der Waals surface area contributed by atoms with Crippen molar-refractivity contribution < 1.29 is 27.9 Å². The maximum Gasteiger partial charge on any atom is 0.416 e. The lowest BCUT2D eigenvalue weighted by molar-refractivity contribution is -0.137. The van der Waals surface area contributed by atoms with Crippen LogP contribution in [0.3, 0.4) is 0 Å². The van der Waals surface area contributed by atoms with Crippen LogP contribution < -0.4 is 0 Å². The van der Waals surface area contributed by atoms with Gasteiger partial charge >= 0.3 is 6.18 Å². The summed E-state index contributed by atoms with van der Waals surface area (Å²) in [6.07, 6.45) is -5.57. The Morgan fingerprint density at radius 2 is 1.79 bits per heavy atom. The fourth-order valence-corrected chi connectivity index (χ4v) is 3.12. The van der Waals surface area contributed by atoms with Gasteiger partial charge in [0.25, 0.3) is 5.91 Å². The van der Waals surface area contributed by atoms with Gasteiger partial charge in [-0.05, 0) is 23.8 Å². The molecule has 0 spiro atoms. The second kappa shape index (κ2) is 8.02. The van der Waals surface area contributed by atoms with Crippen LogP contribution in [0.15, 0.2) is 54.6 Å². The summed E-state index contributed by atoms with van der Waals surface area (Å²) < 4.78 is 38.7. The number of hydrogen-bond donors (Lipinski definition) is 1.